The van der Waals surface area contributed by atoms with Crippen molar-refractivity contribution >= 4 is 34.9 Å². The molecule has 170 valence electrons. The number of para-hydroxylation sites is 2. The predicted molar refractivity (Wildman–Crippen MR) is 120 cm³/mol. The molecule has 4 rings (SSSR count). The molecule has 2 amide bonds. The Labute approximate surface area is 187 Å². The first kappa shape index (κ1) is 24.7. The highest BCUT2D eigenvalue weighted by Gasteiger charge is 2.35. The molecule has 0 radical (unpaired) electrons. The summed E-state index contributed by atoms with van der Waals surface area (Å²) in [7, 11) is 0. The van der Waals surface area contributed by atoms with Crippen molar-refractivity contribution in [1.82, 2.24) is 0 Å². The van der Waals surface area contributed by atoms with Crippen LogP contribution in [0.15, 0.2) is 48.5 Å². The average molecular weight is 440 g/mol. The lowest BCUT2D eigenvalue weighted by molar-refractivity contribution is -0.153. The van der Waals surface area contributed by atoms with Crippen molar-refractivity contribution in [3.05, 3.63) is 59.7 Å². The van der Waals surface area contributed by atoms with Crippen LogP contribution in [0.4, 0.5) is 11.4 Å². The van der Waals surface area contributed by atoms with Crippen molar-refractivity contribution in [2.24, 2.45) is 5.92 Å². The van der Waals surface area contributed by atoms with E-state index in [1.165, 1.54) is 0 Å². The topological polar surface area (TPSA) is 122 Å². The maximum Gasteiger partial charge on any atom is 0.312 e. The number of ketones is 1. The fraction of sp³-hybridized carbons (Fsp3) is 0.333. The summed E-state index contributed by atoms with van der Waals surface area (Å²) in [6, 6.07) is 14.0. The molecule has 0 aliphatic carbocycles. The summed E-state index contributed by atoms with van der Waals surface area (Å²) in [5, 5.41) is 15.6. The largest absolute Gasteiger partial charge is 0.466 e. The van der Waals surface area contributed by atoms with Crippen LogP contribution in [0.3, 0.4) is 0 Å². The number of esters is 1. The van der Waals surface area contributed by atoms with Gasteiger partial charge in [-0.3, -0.25) is 19.2 Å². The van der Waals surface area contributed by atoms with Gasteiger partial charge >= 0.3 is 5.97 Å². The maximum atomic E-state index is 11.8. The van der Waals surface area contributed by atoms with Gasteiger partial charge in [0.25, 0.3) is 0 Å². The Kier molecular flexibility index (Phi) is 8.66. The Hall–Kier alpha value is -3.52. The highest BCUT2D eigenvalue weighted by molar-refractivity contribution is 6.09. The summed E-state index contributed by atoms with van der Waals surface area (Å²) >= 11 is 0. The second-order valence-corrected chi connectivity index (χ2v) is 7.16. The number of amides is 2. The molecule has 2 heterocycles. The van der Waals surface area contributed by atoms with E-state index in [0.717, 1.165) is 0 Å². The second-order valence-electron chi connectivity index (χ2n) is 7.16. The number of carbonyl (C=O) groups excluding carboxylic acids is 4. The second kappa shape index (κ2) is 11.2. The Morgan fingerprint density at radius 3 is 2.31 bits per heavy atom. The fourth-order valence-corrected chi connectivity index (χ4v) is 3.47. The van der Waals surface area contributed by atoms with Crippen molar-refractivity contribution in [2.45, 2.75) is 39.7 Å². The molecule has 2 aliphatic heterocycles. The van der Waals surface area contributed by atoms with Crippen LogP contribution in [0.2, 0.25) is 0 Å². The molecule has 8 nitrogen and oxygen atoms in total. The molecule has 2 aromatic carbocycles. The third kappa shape index (κ3) is 5.79. The molecule has 0 bridgehead atoms. The zero-order valence-electron chi connectivity index (χ0n) is 17.1. The SMILES string of the molecule is C.CCOC(=O)C1CC(=O)Nc2ccccc2C1O.O=C1CCC(=O)c2ccccc2N1. The van der Waals surface area contributed by atoms with Crippen molar-refractivity contribution in [2.75, 3.05) is 17.2 Å². The lowest BCUT2D eigenvalue weighted by Crippen LogP contribution is -2.26. The van der Waals surface area contributed by atoms with Gasteiger partial charge in [0.15, 0.2) is 5.78 Å². The average Bonchev–Trinajstić information content (AvgIpc) is 2.98. The van der Waals surface area contributed by atoms with Crippen molar-refractivity contribution in [3.63, 3.8) is 0 Å². The molecule has 2 aromatic rings. The van der Waals surface area contributed by atoms with E-state index in [9.17, 15) is 24.3 Å². The number of hydrogen-bond acceptors (Lipinski definition) is 6. The summed E-state index contributed by atoms with van der Waals surface area (Å²) < 4.78 is 4.89. The zero-order chi connectivity index (χ0) is 22.4. The molecule has 2 unspecified atom stereocenters. The molecule has 0 aromatic heterocycles. The van der Waals surface area contributed by atoms with Gasteiger partial charge < -0.3 is 20.5 Å². The van der Waals surface area contributed by atoms with Gasteiger partial charge in [0.1, 0.15) is 0 Å². The minimum Gasteiger partial charge on any atom is -0.466 e. The normalized spacial score (nSPS) is 19.2. The minimum absolute atomic E-state index is 0. The number of anilines is 2. The summed E-state index contributed by atoms with van der Waals surface area (Å²) in [5.74, 6) is -1.74. The summed E-state index contributed by atoms with van der Waals surface area (Å²) in [6.07, 6.45) is -0.510. The van der Waals surface area contributed by atoms with E-state index in [1.807, 2.05) is 0 Å². The van der Waals surface area contributed by atoms with Gasteiger partial charge in [-0.05, 0) is 25.1 Å². The minimum atomic E-state index is -1.03. The predicted octanol–water partition coefficient (Wildman–Crippen LogP) is 3.48. The number of rotatable bonds is 2. The smallest absolute Gasteiger partial charge is 0.312 e. The number of fused-ring (bicyclic) bond motifs is 2. The fourth-order valence-electron chi connectivity index (χ4n) is 3.47. The zero-order valence-corrected chi connectivity index (χ0v) is 17.1. The van der Waals surface area contributed by atoms with Gasteiger partial charge in [0.2, 0.25) is 11.8 Å². The van der Waals surface area contributed by atoms with E-state index in [1.54, 1.807) is 55.5 Å². The molecule has 2 aliphatic rings. The van der Waals surface area contributed by atoms with E-state index < -0.39 is 18.0 Å². The molecule has 0 saturated heterocycles. The molecular formula is C24H28N2O6. The molecule has 3 N–H and O–H groups in total. The van der Waals surface area contributed by atoms with E-state index in [0.29, 0.717) is 28.9 Å². The van der Waals surface area contributed by atoms with Crippen LogP contribution in [0.1, 0.15) is 55.6 Å². The number of nitrogens with one attached hydrogen (secondary N) is 2. The molecule has 32 heavy (non-hydrogen) atoms. The van der Waals surface area contributed by atoms with Gasteiger partial charge in [-0.2, -0.15) is 0 Å². The van der Waals surface area contributed by atoms with Gasteiger partial charge in [-0.25, -0.2) is 0 Å². The van der Waals surface area contributed by atoms with Crippen molar-refractivity contribution < 1.29 is 29.0 Å². The van der Waals surface area contributed by atoms with Crippen LogP contribution in [0.25, 0.3) is 0 Å². The number of aliphatic hydroxyl groups is 1. The number of hydrogen-bond donors (Lipinski definition) is 3. The third-order valence-electron chi connectivity index (χ3n) is 5.01. The molecular weight excluding hydrogens is 412 g/mol. The van der Waals surface area contributed by atoms with Gasteiger partial charge in [-0.1, -0.05) is 37.8 Å². The number of aliphatic hydroxyl groups excluding tert-OH is 1. The Morgan fingerprint density at radius 1 is 0.969 bits per heavy atom. The van der Waals surface area contributed by atoms with Crippen molar-refractivity contribution in [1.29, 1.82) is 0 Å². The third-order valence-corrected chi connectivity index (χ3v) is 5.01. The van der Waals surface area contributed by atoms with Gasteiger partial charge in [-0.15, -0.1) is 0 Å². The van der Waals surface area contributed by atoms with E-state index in [4.69, 9.17) is 4.74 Å². The molecule has 2 atom stereocenters. The summed E-state index contributed by atoms with van der Waals surface area (Å²) in [6.45, 7) is 1.92. The summed E-state index contributed by atoms with van der Waals surface area (Å²) in [4.78, 5) is 46.0. The van der Waals surface area contributed by atoms with E-state index >= 15 is 0 Å². The van der Waals surface area contributed by atoms with E-state index in [-0.39, 0.29) is 44.5 Å². The van der Waals surface area contributed by atoms with Crippen LogP contribution in [0, 0.1) is 5.92 Å². The van der Waals surface area contributed by atoms with Crippen LogP contribution in [-0.4, -0.2) is 35.3 Å². The molecule has 0 saturated carbocycles. The maximum absolute atomic E-state index is 11.8. The molecule has 8 heteroatoms. The monoisotopic (exact) mass is 440 g/mol. The quantitative estimate of drug-likeness (QED) is 0.615. The summed E-state index contributed by atoms with van der Waals surface area (Å²) in [5.41, 5.74) is 2.34. The van der Waals surface area contributed by atoms with Crippen LogP contribution in [0.5, 0.6) is 0 Å². The van der Waals surface area contributed by atoms with Crippen LogP contribution in [-0.2, 0) is 19.1 Å². The van der Waals surface area contributed by atoms with Crippen LogP contribution < -0.4 is 10.6 Å². The number of benzene rings is 2. The highest BCUT2D eigenvalue weighted by atomic mass is 16.5. The van der Waals surface area contributed by atoms with Gasteiger partial charge in [0, 0.05) is 36.1 Å². The van der Waals surface area contributed by atoms with Crippen molar-refractivity contribution in [3.8, 4) is 0 Å². The Morgan fingerprint density at radius 2 is 1.59 bits per heavy atom. The lowest BCUT2D eigenvalue weighted by atomic mass is 9.93. The van der Waals surface area contributed by atoms with Crippen LogP contribution >= 0.6 is 0 Å². The van der Waals surface area contributed by atoms with Gasteiger partial charge in [0.05, 0.1) is 24.3 Å². The number of carbonyl (C=O) groups is 4. The Bertz CT molecular complexity index is 1000. The highest BCUT2D eigenvalue weighted by Crippen LogP contribution is 2.34. The lowest BCUT2D eigenvalue weighted by Gasteiger charge is -2.18. The molecule has 0 spiro atoms. The number of ether oxygens (including phenoxy) is 1. The Balaban J connectivity index is 0.000000230. The van der Waals surface area contributed by atoms with E-state index in [2.05, 4.69) is 10.6 Å². The molecule has 0 fully saturated rings. The first-order chi connectivity index (χ1) is 14.9. The number of Topliss-reactive ketones (excluding diaryl/α,β-unsaturated/α-hetero) is 1. The first-order valence-corrected chi connectivity index (χ1v) is 10.1. The standard InChI is InChI=1S/C13H15NO4.C10H9NO2.CH4/c1-2-18-13(17)9-7-11(15)14-10-6-4-3-5-8(10)12(9)16;12-9-5-6-10(13)11-8-4-2-1-3-7(8)9;/h3-6,9,12,16H,2,7H2,1H3,(H,14,15);1-4H,5-6H2,(H,11,13);1H4. The first-order valence-electron chi connectivity index (χ1n) is 10.1.